The Morgan fingerprint density at radius 3 is 2.42 bits per heavy atom. The summed E-state index contributed by atoms with van der Waals surface area (Å²) in [6, 6.07) is 11.4. The average Bonchev–Trinajstić information content (AvgIpc) is 2.38. The van der Waals surface area contributed by atoms with Gasteiger partial charge in [-0.25, -0.2) is 0 Å². The van der Waals surface area contributed by atoms with Crippen LogP contribution in [0.4, 0.5) is 5.69 Å². The van der Waals surface area contributed by atoms with E-state index in [-0.39, 0.29) is 0 Å². The smallest absolute Gasteiger partial charge is 0.123 e. The average molecular weight is 296 g/mol. The maximum Gasteiger partial charge on any atom is 0.123 e. The molecule has 0 saturated carbocycles. The molecule has 0 unspecified atom stereocenters. The Hall–Kier alpha value is -1.38. The topological polar surface area (TPSA) is 21.3 Å². The molecule has 0 aliphatic rings. The lowest BCUT2D eigenvalue weighted by atomic mass is 10.1. The molecule has 0 atom stereocenters. The van der Waals surface area contributed by atoms with Crippen LogP contribution in [0.1, 0.15) is 11.1 Å². The second-order valence-corrected chi connectivity index (χ2v) is 5.14. The second-order valence-electron chi connectivity index (χ2n) is 4.27. The maximum atomic E-state index is 6.01. The molecule has 2 rings (SSSR count). The van der Waals surface area contributed by atoms with Crippen LogP contribution in [0.2, 0.25) is 10.0 Å². The van der Waals surface area contributed by atoms with E-state index in [4.69, 9.17) is 27.9 Å². The van der Waals surface area contributed by atoms with Gasteiger partial charge in [0.25, 0.3) is 0 Å². The van der Waals surface area contributed by atoms with Crippen molar-refractivity contribution in [1.82, 2.24) is 0 Å². The molecule has 2 nitrogen and oxygen atoms in total. The van der Waals surface area contributed by atoms with Gasteiger partial charge in [0, 0.05) is 27.8 Å². The first-order valence-electron chi connectivity index (χ1n) is 5.92. The first-order chi connectivity index (χ1) is 9.10. The fourth-order valence-corrected chi connectivity index (χ4v) is 2.32. The minimum Gasteiger partial charge on any atom is -0.496 e. The van der Waals surface area contributed by atoms with Crippen molar-refractivity contribution in [3.63, 3.8) is 0 Å². The summed E-state index contributed by atoms with van der Waals surface area (Å²) in [6.07, 6.45) is 0. The summed E-state index contributed by atoms with van der Waals surface area (Å²) >= 11 is 11.9. The third-order valence-corrected chi connectivity index (χ3v) is 3.37. The number of aryl methyl sites for hydroxylation is 1. The van der Waals surface area contributed by atoms with E-state index in [1.165, 1.54) is 0 Å². The molecule has 1 N–H and O–H groups in total. The molecule has 100 valence electrons. The Bertz CT molecular complexity index is 584. The quantitative estimate of drug-likeness (QED) is 0.864. The highest BCUT2D eigenvalue weighted by atomic mass is 35.5. The van der Waals surface area contributed by atoms with Crippen LogP contribution in [0.3, 0.4) is 0 Å². The van der Waals surface area contributed by atoms with Crippen LogP contribution in [0.25, 0.3) is 0 Å². The molecule has 4 heteroatoms. The molecule has 2 aromatic rings. The Labute approximate surface area is 123 Å². The first kappa shape index (κ1) is 14.0. The van der Waals surface area contributed by atoms with E-state index in [1.54, 1.807) is 7.11 Å². The molecule has 2 aromatic carbocycles. The summed E-state index contributed by atoms with van der Waals surface area (Å²) in [5.74, 6) is 0.823. The number of ether oxygens (including phenoxy) is 1. The van der Waals surface area contributed by atoms with Crippen molar-refractivity contribution >= 4 is 28.9 Å². The SMILES string of the molecule is COc1ccc(Cl)cc1CNc1ccc(Cl)cc1C. The van der Waals surface area contributed by atoms with Gasteiger partial charge in [-0.1, -0.05) is 23.2 Å². The molecule has 0 aliphatic carbocycles. The highest BCUT2D eigenvalue weighted by molar-refractivity contribution is 6.31. The van der Waals surface area contributed by atoms with Gasteiger partial charge in [0.2, 0.25) is 0 Å². The predicted molar refractivity (Wildman–Crippen MR) is 81.5 cm³/mol. The Morgan fingerprint density at radius 2 is 1.74 bits per heavy atom. The van der Waals surface area contributed by atoms with E-state index < -0.39 is 0 Å². The monoisotopic (exact) mass is 295 g/mol. The van der Waals surface area contributed by atoms with Gasteiger partial charge in [-0.15, -0.1) is 0 Å². The van der Waals surface area contributed by atoms with Gasteiger partial charge in [-0.3, -0.25) is 0 Å². The lowest BCUT2D eigenvalue weighted by Gasteiger charge is -2.13. The van der Waals surface area contributed by atoms with E-state index in [9.17, 15) is 0 Å². The molecule has 0 aromatic heterocycles. The van der Waals surface area contributed by atoms with Crippen LogP contribution in [0, 0.1) is 6.92 Å². The van der Waals surface area contributed by atoms with Crippen molar-refractivity contribution in [2.45, 2.75) is 13.5 Å². The number of hydrogen-bond donors (Lipinski definition) is 1. The normalized spacial score (nSPS) is 10.3. The van der Waals surface area contributed by atoms with E-state index in [0.29, 0.717) is 11.6 Å². The van der Waals surface area contributed by atoms with Gasteiger partial charge >= 0.3 is 0 Å². The van der Waals surface area contributed by atoms with Gasteiger partial charge in [0.05, 0.1) is 7.11 Å². The predicted octanol–water partition coefficient (Wildman–Crippen LogP) is 4.92. The van der Waals surface area contributed by atoms with Crippen LogP contribution >= 0.6 is 23.2 Å². The minimum absolute atomic E-state index is 0.645. The molecular weight excluding hydrogens is 281 g/mol. The molecule has 0 spiro atoms. The van der Waals surface area contributed by atoms with Gasteiger partial charge in [0.1, 0.15) is 5.75 Å². The summed E-state index contributed by atoms with van der Waals surface area (Å²) in [7, 11) is 1.65. The van der Waals surface area contributed by atoms with Gasteiger partial charge in [-0.05, 0) is 48.9 Å². The van der Waals surface area contributed by atoms with Crippen LogP contribution in [-0.4, -0.2) is 7.11 Å². The van der Waals surface area contributed by atoms with E-state index in [0.717, 1.165) is 27.6 Å². The molecular formula is C15H15Cl2NO. The van der Waals surface area contributed by atoms with E-state index in [1.807, 2.05) is 43.3 Å². The van der Waals surface area contributed by atoms with Crippen molar-refractivity contribution in [2.24, 2.45) is 0 Å². The number of halogens is 2. The fraction of sp³-hybridized carbons (Fsp3) is 0.200. The van der Waals surface area contributed by atoms with Crippen LogP contribution in [0.15, 0.2) is 36.4 Å². The number of anilines is 1. The molecule has 0 fully saturated rings. The van der Waals surface area contributed by atoms with Crippen molar-refractivity contribution in [3.05, 3.63) is 57.6 Å². The lowest BCUT2D eigenvalue weighted by molar-refractivity contribution is 0.410. The van der Waals surface area contributed by atoms with Crippen molar-refractivity contribution in [1.29, 1.82) is 0 Å². The number of hydrogen-bond acceptors (Lipinski definition) is 2. The molecule has 0 aliphatic heterocycles. The molecule has 0 heterocycles. The number of rotatable bonds is 4. The minimum atomic E-state index is 0.645. The molecule has 19 heavy (non-hydrogen) atoms. The van der Waals surface area contributed by atoms with Crippen LogP contribution < -0.4 is 10.1 Å². The molecule has 0 bridgehead atoms. The van der Waals surface area contributed by atoms with Crippen LogP contribution in [0.5, 0.6) is 5.75 Å². The lowest BCUT2D eigenvalue weighted by Crippen LogP contribution is -2.03. The number of benzene rings is 2. The Kier molecular flexibility index (Phi) is 4.56. The summed E-state index contributed by atoms with van der Waals surface area (Å²) in [6.45, 7) is 2.66. The van der Waals surface area contributed by atoms with Gasteiger partial charge in [0.15, 0.2) is 0 Å². The zero-order valence-electron chi connectivity index (χ0n) is 10.8. The van der Waals surface area contributed by atoms with Gasteiger partial charge < -0.3 is 10.1 Å². The summed E-state index contributed by atoms with van der Waals surface area (Å²) in [5, 5.41) is 4.80. The van der Waals surface area contributed by atoms with Crippen molar-refractivity contribution < 1.29 is 4.74 Å². The zero-order valence-corrected chi connectivity index (χ0v) is 12.3. The number of methoxy groups -OCH3 is 1. The van der Waals surface area contributed by atoms with Crippen molar-refractivity contribution in [3.8, 4) is 5.75 Å². The molecule has 0 saturated heterocycles. The first-order valence-corrected chi connectivity index (χ1v) is 6.68. The van der Waals surface area contributed by atoms with Crippen LogP contribution in [-0.2, 0) is 6.54 Å². The molecule has 0 amide bonds. The Balaban J connectivity index is 2.16. The highest BCUT2D eigenvalue weighted by Gasteiger charge is 2.05. The standard InChI is InChI=1S/C15H15Cl2NO/c1-10-7-12(16)3-5-14(10)18-9-11-8-13(17)4-6-15(11)19-2/h3-8,18H,9H2,1-2H3. The summed E-state index contributed by atoms with van der Waals surface area (Å²) in [4.78, 5) is 0. The fourth-order valence-electron chi connectivity index (χ4n) is 1.90. The summed E-state index contributed by atoms with van der Waals surface area (Å²) in [5.41, 5.74) is 3.17. The van der Waals surface area contributed by atoms with Gasteiger partial charge in [-0.2, -0.15) is 0 Å². The zero-order chi connectivity index (χ0) is 13.8. The summed E-state index contributed by atoms with van der Waals surface area (Å²) < 4.78 is 5.32. The second kappa shape index (κ2) is 6.18. The Morgan fingerprint density at radius 1 is 1.05 bits per heavy atom. The third-order valence-electron chi connectivity index (χ3n) is 2.90. The largest absolute Gasteiger partial charge is 0.496 e. The molecule has 0 radical (unpaired) electrons. The van der Waals surface area contributed by atoms with E-state index >= 15 is 0 Å². The van der Waals surface area contributed by atoms with Crippen molar-refractivity contribution in [2.75, 3.05) is 12.4 Å². The highest BCUT2D eigenvalue weighted by Crippen LogP contribution is 2.25. The maximum absolute atomic E-state index is 6.01. The van der Waals surface area contributed by atoms with E-state index in [2.05, 4.69) is 5.32 Å². The third kappa shape index (κ3) is 3.55. The number of nitrogens with one attached hydrogen (secondary N) is 1.